The standard InChI is InChI=1S/C17H17BrN2O/c18-13-3-1-2-11(8-13)9-17(21)20-14-5-6-15-12(10-14)4-7-16(15)19/h1-3,5-6,8,10,16H,4,7,9,19H2,(H,20,21)/t16-/m0/s1. The fourth-order valence-corrected chi connectivity index (χ4v) is 3.21. The topological polar surface area (TPSA) is 55.1 Å². The molecule has 0 saturated heterocycles. The summed E-state index contributed by atoms with van der Waals surface area (Å²) in [5.41, 5.74) is 10.3. The number of benzene rings is 2. The van der Waals surface area contributed by atoms with Gasteiger partial charge < -0.3 is 11.1 Å². The van der Waals surface area contributed by atoms with Crippen molar-refractivity contribution < 1.29 is 4.79 Å². The Kier molecular flexibility index (Phi) is 4.08. The number of nitrogens with one attached hydrogen (secondary N) is 1. The fourth-order valence-electron chi connectivity index (χ4n) is 2.77. The van der Waals surface area contributed by atoms with Crippen LogP contribution in [0.15, 0.2) is 46.9 Å². The lowest BCUT2D eigenvalue weighted by atomic mass is 10.1. The first-order valence-corrected chi connectivity index (χ1v) is 7.84. The molecule has 3 nitrogen and oxygen atoms in total. The van der Waals surface area contributed by atoms with E-state index in [0.717, 1.165) is 28.6 Å². The highest BCUT2D eigenvalue weighted by Gasteiger charge is 2.19. The molecule has 0 heterocycles. The van der Waals surface area contributed by atoms with Crippen molar-refractivity contribution in [3.63, 3.8) is 0 Å². The Hall–Kier alpha value is -1.65. The van der Waals surface area contributed by atoms with Crippen molar-refractivity contribution >= 4 is 27.5 Å². The second kappa shape index (κ2) is 6.00. The van der Waals surface area contributed by atoms with Crippen molar-refractivity contribution in [1.29, 1.82) is 0 Å². The van der Waals surface area contributed by atoms with Gasteiger partial charge in [-0.05, 0) is 53.8 Å². The van der Waals surface area contributed by atoms with Crippen LogP contribution in [0.25, 0.3) is 0 Å². The molecule has 1 atom stereocenters. The lowest BCUT2D eigenvalue weighted by molar-refractivity contribution is -0.115. The summed E-state index contributed by atoms with van der Waals surface area (Å²) in [6.45, 7) is 0. The lowest BCUT2D eigenvalue weighted by Gasteiger charge is -2.09. The van der Waals surface area contributed by atoms with Gasteiger partial charge in [-0.3, -0.25) is 4.79 Å². The average molecular weight is 345 g/mol. The third-order valence-electron chi connectivity index (χ3n) is 3.80. The third-order valence-corrected chi connectivity index (χ3v) is 4.30. The molecule has 3 N–H and O–H groups in total. The molecule has 2 aromatic carbocycles. The van der Waals surface area contributed by atoms with Gasteiger partial charge >= 0.3 is 0 Å². The van der Waals surface area contributed by atoms with Crippen molar-refractivity contribution in [3.8, 4) is 0 Å². The number of amides is 1. The summed E-state index contributed by atoms with van der Waals surface area (Å²) < 4.78 is 0.985. The number of hydrogen-bond donors (Lipinski definition) is 2. The highest BCUT2D eigenvalue weighted by Crippen LogP contribution is 2.31. The number of anilines is 1. The van der Waals surface area contributed by atoms with Crippen molar-refractivity contribution in [2.45, 2.75) is 25.3 Å². The van der Waals surface area contributed by atoms with Gasteiger partial charge in [0.05, 0.1) is 6.42 Å². The number of fused-ring (bicyclic) bond motifs is 1. The van der Waals surface area contributed by atoms with E-state index >= 15 is 0 Å². The predicted molar refractivity (Wildman–Crippen MR) is 88.2 cm³/mol. The molecule has 1 amide bonds. The van der Waals surface area contributed by atoms with Crippen molar-refractivity contribution in [2.75, 3.05) is 5.32 Å². The van der Waals surface area contributed by atoms with Gasteiger partial charge in [-0.15, -0.1) is 0 Å². The van der Waals surface area contributed by atoms with Gasteiger partial charge in [-0.25, -0.2) is 0 Å². The fraction of sp³-hybridized carbons (Fsp3) is 0.235. The van der Waals surface area contributed by atoms with Gasteiger partial charge in [0.25, 0.3) is 0 Å². The number of aryl methyl sites for hydroxylation is 1. The molecule has 0 radical (unpaired) electrons. The SMILES string of the molecule is N[C@H]1CCc2cc(NC(=O)Cc3cccc(Br)c3)ccc21. The summed E-state index contributed by atoms with van der Waals surface area (Å²) in [4.78, 5) is 12.1. The summed E-state index contributed by atoms with van der Waals surface area (Å²) >= 11 is 3.41. The van der Waals surface area contributed by atoms with E-state index in [1.165, 1.54) is 11.1 Å². The molecule has 0 bridgehead atoms. The van der Waals surface area contributed by atoms with E-state index in [0.29, 0.717) is 6.42 Å². The van der Waals surface area contributed by atoms with Crippen LogP contribution in [-0.2, 0) is 17.6 Å². The van der Waals surface area contributed by atoms with Crippen LogP contribution in [-0.4, -0.2) is 5.91 Å². The van der Waals surface area contributed by atoms with Crippen molar-refractivity contribution in [3.05, 3.63) is 63.6 Å². The average Bonchev–Trinajstić information content (AvgIpc) is 2.80. The number of carbonyl (C=O) groups is 1. The smallest absolute Gasteiger partial charge is 0.228 e. The van der Waals surface area contributed by atoms with Crippen molar-refractivity contribution in [1.82, 2.24) is 0 Å². The van der Waals surface area contributed by atoms with Gasteiger partial charge in [0.2, 0.25) is 5.91 Å². The van der Waals surface area contributed by atoms with E-state index in [4.69, 9.17) is 5.73 Å². The zero-order chi connectivity index (χ0) is 14.8. The molecular formula is C17H17BrN2O. The Morgan fingerprint density at radius 1 is 1.29 bits per heavy atom. The number of halogens is 1. The van der Waals surface area contributed by atoms with Crippen LogP contribution < -0.4 is 11.1 Å². The van der Waals surface area contributed by atoms with E-state index in [-0.39, 0.29) is 11.9 Å². The Balaban J connectivity index is 1.68. The molecule has 0 fully saturated rings. The van der Waals surface area contributed by atoms with Crippen LogP contribution in [0.4, 0.5) is 5.69 Å². The maximum atomic E-state index is 12.1. The Bertz CT molecular complexity index is 684. The first-order valence-electron chi connectivity index (χ1n) is 7.04. The summed E-state index contributed by atoms with van der Waals surface area (Å²) in [7, 11) is 0. The Labute approximate surface area is 132 Å². The molecular weight excluding hydrogens is 328 g/mol. The molecule has 1 aliphatic rings. The summed E-state index contributed by atoms with van der Waals surface area (Å²) in [6.07, 6.45) is 2.35. The van der Waals surface area contributed by atoms with Crippen LogP contribution in [0.2, 0.25) is 0 Å². The zero-order valence-corrected chi connectivity index (χ0v) is 13.2. The van der Waals surface area contributed by atoms with Crippen LogP contribution in [0.1, 0.15) is 29.2 Å². The van der Waals surface area contributed by atoms with Gasteiger partial charge in [0, 0.05) is 16.2 Å². The highest BCUT2D eigenvalue weighted by molar-refractivity contribution is 9.10. The number of nitrogens with two attached hydrogens (primary N) is 1. The molecule has 0 unspecified atom stereocenters. The van der Waals surface area contributed by atoms with Crippen LogP contribution in [0, 0.1) is 0 Å². The van der Waals surface area contributed by atoms with Gasteiger partial charge in [-0.2, -0.15) is 0 Å². The number of carbonyl (C=O) groups excluding carboxylic acids is 1. The maximum Gasteiger partial charge on any atom is 0.228 e. The van der Waals surface area contributed by atoms with Gasteiger partial charge in [-0.1, -0.05) is 34.1 Å². The molecule has 0 aromatic heterocycles. The summed E-state index contributed by atoms with van der Waals surface area (Å²) in [5.74, 6) is -0.00431. The lowest BCUT2D eigenvalue weighted by Crippen LogP contribution is -2.14. The summed E-state index contributed by atoms with van der Waals surface area (Å²) in [6, 6.07) is 13.9. The zero-order valence-electron chi connectivity index (χ0n) is 11.6. The van der Waals surface area contributed by atoms with Crippen molar-refractivity contribution in [2.24, 2.45) is 5.73 Å². The van der Waals surface area contributed by atoms with E-state index in [2.05, 4.69) is 21.2 Å². The largest absolute Gasteiger partial charge is 0.326 e. The Morgan fingerprint density at radius 3 is 2.95 bits per heavy atom. The highest BCUT2D eigenvalue weighted by atomic mass is 79.9. The predicted octanol–water partition coefficient (Wildman–Crippen LogP) is 3.58. The summed E-state index contributed by atoms with van der Waals surface area (Å²) in [5, 5.41) is 2.96. The second-order valence-corrected chi connectivity index (χ2v) is 6.33. The van der Waals surface area contributed by atoms with E-state index in [1.807, 2.05) is 42.5 Å². The molecule has 0 aliphatic heterocycles. The quantitative estimate of drug-likeness (QED) is 0.893. The molecule has 4 heteroatoms. The van der Waals surface area contributed by atoms with E-state index in [9.17, 15) is 4.79 Å². The molecule has 108 valence electrons. The maximum absolute atomic E-state index is 12.1. The van der Waals surface area contributed by atoms with Crippen LogP contribution in [0.5, 0.6) is 0 Å². The first-order chi connectivity index (χ1) is 10.1. The van der Waals surface area contributed by atoms with Crippen LogP contribution in [0.3, 0.4) is 0 Å². The van der Waals surface area contributed by atoms with E-state index < -0.39 is 0 Å². The minimum Gasteiger partial charge on any atom is -0.326 e. The molecule has 1 aliphatic carbocycles. The molecule has 2 aromatic rings. The normalized spacial score (nSPS) is 16.6. The van der Waals surface area contributed by atoms with Gasteiger partial charge in [0.15, 0.2) is 0 Å². The number of rotatable bonds is 3. The number of hydrogen-bond acceptors (Lipinski definition) is 2. The first kappa shape index (κ1) is 14.3. The second-order valence-electron chi connectivity index (χ2n) is 5.41. The molecule has 0 saturated carbocycles. The third kappa shape index (κ3) is 3.34. The van der Waals surface area contributed by atoms with E-state index in [1.54, 1.807) is 0 Å². The Morgan fingerprint density at radius 2 is 2.14 bits per heavy atom. The molecule has 21 heavy (non-hydrogen) atoms. The monoisotopic (exact) mass is 344 g/mol. The molecule has 0 spiro atoms. The van der Waals surface area contributed by atoms with Crippen LogP contribution >= 0.6 is 15.9 Å². The minimum absolute atomic E-state index is 0.00431. The minimum atomic E-state index is -0.00431. The molecule has 3 rings (SSSR count). The van der Waals surface area contributed by atoms with Gasteiger partial charge in [0.1, 0.15) is 0 Å².